The van der Waals surface area contributed by atoms with Crippen molar-refractivity contribution in [2.75, 3.05) is 20.1 Å². The number of carbonyl (C=O) groups excluding carboxylic acids is 1. The van der Waals surface area contributed by atoms with E-state index in [1.807, 2.05) is 30.1 Å². The number of pyridine rings is 1. The zero-order valence-corrected chi connectivity index (χ0v) is 13.6. The van der Waals surface area contributed by atoms with Crippen LogP contribution in [0.25, 0.3) is 0 Å². The molecule has 0 atom stereocenters. The first-order valence-corrected chi connectivity index (χ1v) is 8.18. The number of nitrogens with zero attached hydrogens (tertiary/aromatic N) is 3. The van der Waals surface area contributed by atoms with Gasteiger partial charge in [0.15, 0.2) is 0 Å². The largest absolute Gasteiger partial charge is 0.337 e. The molecule has 1 fully saturated rings. The Morgan fingerprint density at radius 2 is 1.83 bits per heavy atom. The van der Waals surface area contributed by atoms with Gasteiger partial charge in [0.1, 0.15) is 5.69 Å². The van der Waals surface area contributed by atoms with Crippen molar-refractivity contribution in [3.05, 3.63) is 66.0 Å². The van der Waals surface area contributed by atoms with Crippen LogP contribution in [0.5, 0.6) is 0 Å². The van der Waals surface area contributed by atoms with E-state index in [1.54, 1.807) is 12.3 Å². The second-order valence-corrected chi connectivity index (χ2v) is 6.12. The average molecular weight is 309 g/mol. The Labute approximate surface area is 137 Å². The molecule has 0 unspecified atom stereocenters. The Balaban J connectivity index is 1.53. The van der Waals surface area contributed by atoms with Crippen LogP contribution in [0.2, 0.25) is 0 Å². The minimum atomic E-state index is 0.0205. The monoisotopic (exact) mass is 309 g/mol. The number of hydrogen-bond acceptors (Lipinski definition) is 3. The van der Waals surface area contributed by atoms with Gasteiger partial charge < -0.3 is 4.90 Å². The van der Waals surface area contributed by atoms with Gasteiger partial charge in [0.05, 0.1) is 0 Å². The van der Waals surface area contributed by atoms with Crippen LogP contribution in [-0.2, 0) is 6.54 Å². The fourth-order valence-corrected chi connectivity index (χ4v) is 3.14. The molecule has 1 saturated heterocycles. The maximum absolute atomic E-state index is 12.5. The van der Waals surface area contributed by atoms with Crippen molar-refractivity contribution < 1.29 is 4.79 Å². The number of rotatable bonds is 4. The van der Waals surface area contributed by atoms with E-state index in [-0.39, 0.29) is 5.91 Å². The predicted octanol–water partition coefficient (Wildman–Crippen LogP) is 2.82. The van der Waals surface area contributed by atoms with E-state index in [1.165, 1.54) is 5.56 Å². The summed E-state index contributed by atoms with van der Waals surface area (Å²) >= 11 is 0. The van der Waals surface area contributed by atoms with Crippen molar-refractivity contribution >= 4 is 5.91 Å². The van der Waals surface area contributed by atoms with Crippen molar-refractivity contribution in [3.8, 4) is 0 Å². The van der Waals surface area contributed by atoms with E-state index in [9.17, 15) is 4.79 Å². The van der Waals surface area contributed by atoms with Crippen molar-refractivity contribution in [2.45, 2.75) is 25.4 Å². The second kappa shape index (κ2) is 7.38. The van der Waals surface area contributed by atoms with E-state index in [0.29, 0.717) is 11.7 Å². The Morgan fingerprint density at radius 1 is 1.13 bits per heavy atom. The van der Waals surface area contributed by atoms with Gasteiger partial charge in [0.25, 0.3) is 5.91 Å². The highest BCUT2D eigenvalue weighted by Crippen LogP contribution is 2.18. The SMILES string of the molecule is CN(C(=O)c1ccccn1)C1CCN(Cc2ccccc2)CC1. The lowest BCUT2D eigenvalue weighted by Crippen LogP contribution is -2.45. The van der Waals surface area contributed by atoms with Gasteiger partial charge in [-0.3, -0.25) is 14.7 Å². The molecule has 1 aliphatic rings. The number of piperidine rings is 1. The Bertz CT molecular complexity index is 622. The zero-order valence-electron chi connectivity index (χ0n) is 13.6. The second-order valence-electron chi connectivity index (χ2n) is 6.12. The molecule has 4 nitrogen and oxygen atoms in total. The summed E-state index contributed by atoms with van der Waals surface area (Å²) in [7, 11) is 1.90. The summed E-state index contributed by atoms with van der Waals surface area (Å²) in [5.41, 5.74) is 1.88. The number of likely N-dealkylation sites (tertiary alicyclic amines) is 1. The van der Waals surface area contributed by atoms with E-state index < -0.39 is 0 Å². The van der Waals surface area contributed by atoms with Crippen LogP contribution in [0.15, 0.2) is 54.7 Å². The summed E-state index contributed by atoms with van der Waals surface area (Å²) in [6.07, 6.45) is 3.70. The maximum atomic E-state index is 12.5. The number of carbonyl (C=O) groups is 1. The van der Waals surface area contributed by atoms with Gasteiger partial charge in [0, 0.05) is 38.9 Å². The average Bonchev–Trinajstić information content (AvgIpc) is 2.63. The molecule has 2 aromatic rings. The Morgan fingerprint density at radius 3 is 2.48 bits per heavy atom. The van der Waals surface area contributed by atoms with Crippen LogP contribution in [0.3, 0.4) is 0 Å². The molecule has 0 bridgehead atoms. The first kappa shape index (κ1) is 15.7. The maximum Gasteiger partial charge on any atom is 0.272 e. The summed E-state index contributed by atoms with van der Waals surface area (Å²) in [6, 6.07) is 16.3. The standard InChI is InChI=1S/C19H23N3O/c1-21(19(23)18-9-5-6-12-20-18)17-10-13-22(14-11-17)15-16-7-3-2-4-8-16/h2-9,12,17H,10-11,13-15H2,1H3. The quantitative estimate of drug-likeness (QED) is 0.871. The van der Waals surface area contributed by atoms with Gasteiger partial charge in [-0.05, 0) is 30.5 Å². The fraction of sp³-hybridized carbons (Fsp3) is 0.368. The third-order valence-corrected chi connectivity index (χ3v) is 4.56. The third kappa shape index (κ3) is 3.96. The third-order valence-electron chi connectivity index (χ3n) is 4.56. The van der Waals surface area contributed by atoms with Crippen LogP contribution in [0.1, 0.15) is 28.9 Å². The molecular weight excluding hydrogens is 286 g/mol. The zero-order chi connectivity index (χ0) is 16.1. The van der Waals surface area contributed by atoms with Crippen LogP contribution in [0.4, 0.5) is 0 Å². The topological polar surface area (TPSA) is 36.4 Å². The van der Waals surface area contributed by atoms with Crippen LogP contribution < -0.4 is 0 Å². The molecule has 3 rings (SSSR count). The van der Waals surface area contributed by atoms with Gasteiger partial charge in [-0.15, -0.1) is 0 Å². The summed E-state index contributed by atoms with van der Waals surface area (Å²) < 4.78 is 0. The number of amides is 1. The molecule has 0 N–H and O–H groups in total. The minimum absolute atomic E-state index is 0.0205. The Kier molecular flexibility index (Phi) is 5.03. The first-order valence-electron chi connectivity index (χ1n) is 8.18. The van der Waals surface area contributed by atoms with Gasteiger partial charge in [0.2, 0.25) is 0 Å². The summed E-state index contributed by atoms with van der Waals surface area (Å²) in [5, 5.41) is 0. The van der Waals surface area contributed by atoms with Gasteiger partial charge in [-0.1, -0.05) is 36.4 Å². The van der Waals surface area contributed by atoms with Crippen molar-refractivity contribution in [3.63, 3.8) is 0 Å². The predicted molar refractivity (Wildman–Crippen MR) is 91.1 cm³/mol. The molecule has 1 aromatic carbocycles. The lowest BCUT2D eigenvalue weighted by Gasteiger charge is -2.36. The molecule has 1 aliphatic heterocycles. The van der Waals surface area contributed by atoms with Gasteiger partial charge >= 0.3 is 0 Å². The molecule has 0 aliphatic carbocycles. The summed E-state index contributed by atoms with van der Waals surface area (Å²) in [4.78, 5) is 21.0. The molecule has 2 heterocycles. The number of hydrogen-bond donors (Lipinski definition) is 0. The molecule has 4 heteroatoms. The van der Waals surface area contributed by atoms with Crippen molar-refractivity contribution in [1.29, 1.82) is 0 Å². The van der Waals surface area contributed by atoms with Crippen LogP contribution in [-0.4, -0.2) is 46.9 Å². The smallest absolute Gasteiger partial charge is 0.272 e. The van der Waals surface area contributed by atoms with E-state index in [0.717, 1.165) is 32.5 Å². The lowest BCUT2D eigenvalue weighted by molar-refractivity contribution is 0.0630. The highest BCUT2D eigenvalue weighted by molar-refractivity contribution is 5.92. The van der Waals surface area contributed by atoms with Crippen LogP contribution in [0, 0.1) is 0 Å². The molecule has 120 valence electrons. The van der Waals surface area contributed by atoms with Gasteiger partial charge in [-0.2, -0.15) is 0 Å². The number of aromatic nitrogens is 1. The van der Waals surface area contributed by atoms with Gasteiger partial charge in [-0.25, -0.2) is 0 Å². The van der Waals surface area contributed by atoms with E-state index in [4.69, 9.17) is 0 Å². The molecular formula is C19H23N3O. The van der Waals surface area contributed by atoms with Crippen molar-refractivity contribution in [2.24, 2.45) is 0 Å². The lowest BCUT2D eigenvalue weighted by atomic mass is 10.0. The molecule has 1 amide bonds. The molecule has 23 heavy (non-hydrogen) atoms. The number of benzene rings is 1. The fourth-order valence-electron chi connectivity index (χ4n) is 3.14. The molecule has 0 radical (unpaired) electrons. The minimum Gasteiger partial charge on any atom is -0.337 e. The van der Waals surface area contributed by atoms with Crippen LogP contribution >= 0.6 is 0 Å². The first-order chi connectivity index (χ1) is 11.2. The summed E-state index contributed by atoms with van der Waals surface area (Å²) in [5.74, 6) is 0.0205. The van der Waals surface area contributed by atoms with E-state index >= 15 is 0 Å². The molecule has 1 aromatic heterocycles. The highest BCUT2D eigenvalue weighted by atomic mass is 16.2. The van der Waals surface area contributed by atoms with E-state index in [2.05, 4.69) is 34.1 Å². The summed E-state index contributed by atoms with van der Waals surface area (Å²) in [6.45, 7) is 3.05. The highest BCUT2D eigenvalue weighted by Gasteiger charge is 2.26. The normalized spacial score (nSPS) is 16.2. The van der Waals surface area contributed by atoms with Crippen molar-refractivity contribution in [1.82, 2.24) is 14.8 Å². The molecule has 0 saturated carbocycles. The molecule has 0 spiro atoms. The Hall–Kier alpha value is -2.20.